The van der Waals surface area contributed by atoms with Gasteiger partial charge in [-0.05, 0) is 29.3 Å². The third-order valence-corrected chi connectivity index (χ3v) is 6.89. The zero-order chi connectivity index (χ0) is 22.4. The summed E-state index contributed by atoms with van der Waals surface area (Å²) in [4.78, 5) is 38.1. The quantitative estimate of drug-likeness (QED) is 0.512. The molecule has 0 unspecified atom stereocenters. The summed E-state index contributed by atoms with van der Waals surface area (Å²) in [7, 11) is 0. The molecule has 2 N–H and O–H groups in total. The van der Waals surface area contributed by atoms with Crippen LogP contribution in [0.1, 0.15) is 11.1 Å². The lowest BCUT2D eigenvalue weighted by Crippen LogP contribution is -2.69. The van der Waals surface area contributed by atoms with Crippen molar-refractivity contribution < 1.29 is 9.59 Å². The molecule has 0 bridgehead atoms. The van der Waals surface area contributed by atoms with Crippen molar-refractivity contribution in [2.24, 2.45) is 0 Å². The van der Waals surface area contributed by atoms with Crippen molar-refractivity contribution >= 4 is 33.6 Å². The first kappa shape index (κ1) is 19.9. The number of carbonyl (C=O) groups excluding carboxylic acids is 2. The third-order valence-electron chi connectivity index (χ3n) is 6.89. The Morgan fingerprint density at radius 3 is 2.76 bits per heavy atom. The molecule has 6 rings (SSSR count). The number of rotatable bonds is 4. The van der Waals surface area contributed by atoms with E-state index in [0.717, 1.165) is 40.5 Å². The lowest BCUT2D eigenvalue weighted by Gasteiger charge is -2.45. The number of aromatic amines is 1. The molecule has 2 amide bonds. The Labute approximate surface area is 191 Å². The molecule has 2 aliphatic rings. The van der Waals surface area contributed by atoms with Gasteiger partial charge >= 0.3 is 0 Å². The standard InChI is InChI=1S/C26H25N5O2/c32-25-24-16-30(15-17-5-3-9-21-19(17)7-4-10-27-21)11-12-31(24)26(33)23(29-25)13-18-14-28-22-8-2-1-6-20(18)22/h1-10,14,23-24,28H,11-13,15-16H2,(H,29,32)/t23-,24+/m0/s1. The van der Waals surface area contributed by atoms with Gasteiger partial charge in [0, 0.05) is 61.3 Å². The van der Waals surface area contributed by atoms with E-state index in [-0.39, 0.29) is 11.8 Å². The minimum atomic E-state index is -0.524. The maximum Gasteiger partial charge on any atom is 0.246 e. The molecule has 2 saturated heterocycles. The van der Waals surface area contributed by atoms with Crippen LogP contribution in [-0.4, -0.2) is 63.3 Å². The Bertz CT molecular complexity index is 1360. The minimum Gasteiger partial charge on any atom is -0.361 e. The number of hydrogen-bond donors (Lipinski definition) is 2. The maximum atomic E-state index is 13.3. The molecule has 0 spiro atoms. The highest BCUT2D eigenvalue weighted by Crippen LogP contribution is 2.24. The summed E-state index contributed by atoms with van der Waals surface area (Å²) in [6, 6.07) is 17.2. The van der Waals surface area contributed by atoms with Crippen molar-refractivity contribution in [2.45, 2.75) is 25.0 Å². The molecular formula is C26H25N5O2. The summed E-state index contributed by atoms with van der Waals surface area (Å²) in [6.07, 6.45) is 4.23. The molecule has 2 fully saturated rings. The van der Waals surface area contributed by atoms with Crippen molar-refractivity contribution in [3.63, 3.8) is 0 Å². The number of aromatic nitrogens is 2. The largest absolute Gasteiger partial charge is 0.361 e. The molecule has 4 heterocycles. The Balaban J connectivity index is 1.17. The summed E-state index contributed by atoms with van der Waals surface area (Å²) in [5.41, 5.74) is 4.25. The van der Waals surface area contributed by atoms with Gasteiger partial charge in [0.25, 0.3) is 0 Å². The Morgan fingerprint density at radius 1 is 0.939 bits per heavy atom. The summed E-state index contributed by atoms with van der Waals surface area (Å²) < 4.78 is 0. The van der Waals surface area contributed by atoms with E-state index in [1.807, 2.05) is 48.7 Å². The highest BCUT2D eigenvalue weighted by Gasteiger charge is 2.43. The molecule has 2 aromatic heterocycles. The van der Waals surface area contributed by atoms with Gasteiger partial charge in [0.2, 0.25) is 11.8 Å². The number of piperazine rings is 2. The molecule has 0 aliphatic carbocycles. The molecule has 7 heteroatoms. The fraction of sp³-hybridized carbons (Fsp3) is 0.269. The highest BCUT2D eigenvalue weighted by atomic mass is 16.2. The van der Waals surface area contributed by atoms with Gasteiger partial charge in [-0.2, -0.15) is 0 Å². The van der Waals surface area contributed by atoms with Crippen LogP contribution >= 0.6 is 0 Å². The van der Waals surface area contributed by atoms with Crippen LogP contribution < -0.4 is 5.32 Å². The van der Waals surface area contributed by atoms with Crippen LogP contribution in [0.25, 0.3) is 21.8 Å². The average molecular weight is 440 g/mol. The average Bonchev–Trinajstić information content (AvgIpc) is 3.25. The van der Waals surface area contributed by atoms with Gasteiger partial charge in [-0.3, -0.25) is 19.5 Å². The SMILES string of the molecule is O=C1N[C@@H](Cc2c[nH]c3ccccc23)C(=O)N2CCN(Cc3cccc4ncccc34)C[C@H]12. The van der Waals surface area contributed by atoms with Gasteiger partial charge in [-0.15, -0.1) is 0 Å². The molecule has 4 aromatic rings. The fourth-order valence-corrected chi connectivity index (χ4v) is 5.21. The van der Waals surface area contributed by atoms with Crippen LogP contribution in [-0.2, 0) is 22.6 Å². The van der Waals surface area contributed by atoms with E-state index in [4.69, 9.17) is 0 Å². The first-order valence-electron chi connectivity index (χ1n) is 11.4. The van der Waals surface area contributed by atoms with Crippen molar-refractivity contribution in [3.05, 3.63) is 78.1 Å². The van der Waals surface area contributed by atoms with Crippen LogP contribution in [0.15, 0.2) is 67.0 Å². The van der Waals surface area contributed by atoms with E-state index in [1.165, 1.54) is 5.56 Å². The second-order valence-electron chi connectivity index (χ2n) is 8.89. The van der Waals surface area contributed by atoms with Gasteiger partial charge in [-0.1, -0.05) is 36.4 Å². The zero-order valence-electron chi connectivity index (χ0n) is 18.2. The number of pyridine rings is 1. The second-order valence-corrected chi connectivity index (χ2v) is 8.89. The van der Waals surface area contributed by atoms with E-state index < -0.39 is 12.1 Å². The predicted octanol–water partition coefficient (Wildman–Crippen LogP) is 2.47. The van der Waals surface area contributed by atoms with E-state index in [1.54, 1.807) is 11.1 Å². The highest BCUT2D eigenvalue weighted by molar-refractivity contribution is 5.98. The van der Waals surface area contributed by atoms with Gasteiger partial charge in [0.15, 0.2) is 0 Å². The van der Waals surface area contributed by atoms with Crippen LogP contribution in [0.2, 0.25) is 0 Å². The number of nitrogens with one attached hydrogen (secondary N) is 2. The maximum absolute atomic E-state index is 13.3. The number of benzene rings is 2. The number of hydrogen-bond acceptors (Lipinski definition) is 4. The van der Waals surface area contributed by atoms with E-state index in [0.29, 0.717) is 19.5 Å². The summed E-state index contributed by atoms with van der Waals surface area (Å²) in [5, 5.41) is 5.23. The molecular weight excluding hydrogens is 414 g/mol. The van der Waals surface area contributed by atoms with E-state index >= 15 is 0 Å². The topological polar surface area (TPSA) is 81.3 Å². The number of carbonyl (C=O) groups is 2. The summed E-state index contributed by atoms with van der Waals surface area (Å²) in [5.74, 6) is -0.0531. The zero-order valence-corrected chi connectivity index (χ0v) is 18.2. The number of amides is 2. The van der Waals surface area contributed by atoms with Crippen LogP contribution in [0.5, 0.6) is 0 Å². The Kier molecular flexibility index (Phi) is 4.84. The molecule has 7 nitrogen and oxygen atoms in total. The Hall–Kier alpha value is -3.71. The molecule has 2 aliphatic heterocycles. The molecule has 2 atom stereocenters. The fourth-order valence-electron chi connectivity index (χ4n) is 5.21. The molecule has 2 aromatic carbocycles. The monoisotopic (exact) mass is 439 g/mol. The second kappa shape index (κ2) is 8.01. The minimum absolute atomic E-state index is 0.0129. The summed E-state index contributed by atoms with van der Waals surface area (Å²) in [6.45, 7) is 2.57. The Morgan fingerprint density at radius 2 is 1.82 bits per heavy atom. The number of para-hydroxylation sites is 1. The molecule has 0 saturated carbocycles. The van der Waals surface area contributed by atoms with Gasteiger partial charge in [-0.25, -0.2) is 0 Å². The molecule has 166 valence electrons. The number of H-pyrrole nitrogens is 1. The lowest BCUT2D eigenvalue weighted by atomic mass is 9.98. The first-order chi connectivity index (χ1) is 16.2. The third kappa shape index (κ3) is 3.54. The summed E-state index contributed by atoms with van der Waals surface area (Å²) >= 11 is 0. The molecule has 33 heavy (non-hydrogen) atoms. The van der Waals surface area contributed by atoms with Gasteiger partial charge in [0.1, 0.15) is 12.1 Å². The van der Waals surface area contributed by atoms with E-state index in [2.05, 4.69) is 32.3 Å². The lowest BCUT2D eigenvalue weighted by molar-refractivity contribution is -0.153. The van der Waals surface area contributed by atoms with Crippen molar-refractivity contribution in [1.29, 1.82) is 0 Å². The van der Waals surface area contributed by atoms with Crippen molar-refractivity contribution in [1.82, 2.24) is 25.1 Å². The van der Waals surface area contributed by atoms with Crippen molar-refractivity contribution in [2.75, 3.05) is 19.6 Å². The van der Waals surface area contributed by atoms with Crippen LogP contribution in [0.3, 0.4) is 0 Å². The van der Waals surface area contributed by atoms with E-state index in [9.17, 15) is 9.59 Å². The van der Waals surface area contributed by atoms with Crippen LogP contribution in [0, 0.1) is 0 Å². The predicted molar refractivity (Wildman–Crippen MR) is 126 cm³/mol. The number of nitrogens with zero attached hydrogens (tertiary/aromatic N) is 3. The first-order valence-corrected chi connectivity index (χ1v) is 11.4. The number of fused-ring (bicyclic) bond motifs is 3. The van der Waals surface area contributed by atoms with Crippen molar-refractivity contribution in [3.8, 4) is 0 Å². The normalized spacial score (nSPS) is 21.4. The molecule has 0 radical (unpaired) electrons. The van der Waals surface area contributed by atoms with Gasteiger partial charge in [0.05, 0.1) is 5.52 Å². The van der Waals surface area contributed by atoms with Gasteiger partial charge < -0.3 is 15.2 Å². The van der Waals surface area contributed by atoms with Crippen LogP contribution in [0.4, 0.5) is 0 Å². The smallest absolute Gasteiger partial charge is 0.246 e.